The molecule has 1 N–H and O–H groups in total. The maximum Gasteiger partial charge on any atom is 0.0294 e. The van der Waals surface area contributed by atoms with Crippen molar-refractivity contribution in [1.29, 1.82) is 0 Å². The van der Waals surface area contributed by atoms with Crippen LogP contribution in [0.4, 0.5) is 0 Å². The average Bonchev–Trinajstić information content (AvgIpc) is 2.46. The minimum absolute atomic E-state index is 0.378. The van der Waals surface area contributed by atoms with Crippen molar-refractivity contribution in [1.82, 2.24) is 5.32 Å². The summed E-state index contributed by atoms with van der Waals surface area (Å²) in [6.45, 7) is 5.31. The summed E-state index contributed by atoms with van der Waals surface area (Å²) in [5, 5.41) is 3.57. The Morgan fingerprint density at radius 3 is 2.11 bits per heavy atom. The zero-order chi connectivity index (χ0) is 13.7. The summed E-state index contributed by atoms with van der Waals surface area (Å²) in [6, 6.07) is 17.9. The highest BCUT2D eigenvalue weighted by atomic mass is 127. The van der Waals surface area contributed by atoms with Crippen LogP contribution in [0.3, 0.4) is 0 Å². The van der Waals surface area contributed by atoms with Crippen LogP contribution in [0, 0.1) is 3.57 Å². The molecule has 0 aliphatic carbocycles. The molecule has 0 saturated heterocycles. The molecular formula is C17H20IN. The van der Waals surface area contributed by atoms with Gasteiger partial charge in [0.05, 0.1) is 0 Å². The number of rotatable bonds is 5. The molecule has 0 saturated carbocycles. The van der Waals surface area contributed by atoms with Crippen LogP contribution in [-0.4, -0.2) is 0 Å². The molecule has 0 heterocycles. The lowest BCUT2D eigenvalue weighted by molar-refractivity contribution is 0.574. The smallest absolute Gasteiger partial charge is 0.0294 e. The van der Waals surface area contributed by atoms with Crippen molar-refractivity contribution in [2.24, 2.45) is 0 Å². The molecule has 0 radical (unpaired) electrons. The second-order valence-corrected chi connectivity index (χ2v) is 6.07. The summed E-state index contributed by atoms with van der Waals surface area (Å²) < 4.78 is 1.28. The third kappa shape index (κ3) is 4.32. The quantitative estimate of drug-likeness (QED) is 0.757. The minimum atomic E-state index is 0.378. The first-order valence-corrected chi connectivity index (χ1v) is 7.83. The Bertz CT molecular complexity index is 502. The Labute approximate surface area is 129 Å². The summed E-state index contributed by atoms with van der Waals surface area (Å²) in [7, 11) is 0. The summed E-state index contributed by atoms with van der Waals surface area (Å²) in [6.07, 6.45) is 1.10. The fraction of sp³-hybridized carbons (Fsp3) is 0.294. The molecule has 1 atom stereocenters. The lowest BCUT2D eigenvalue weighted by atomic mass is 10.1. The standard InChI is InChI=1S/C17H20IN/c1-3-14-4-6-15(7-5-14)12-19-13(2)16-8-10-17(18)11-9-16/h4-11,13,19H,3,12H2,1-2H3. The lowest BCUT2D eigenvalue weighted by Gasteiger charge is -2.14. The van der Waals surface area contributed by atoms with Gasteiger partial charge in [0.1, 0.15) is 0 Å². The van der Waals surface area contributed by atoms with E-state index in [0.717, 1.165) is 13.0 Å². The maximum atomic E-state index is 3.57. The number of nitrogens with one attached hydrogen (secondary N) is 1. The molecule has 2 aromatic rings. The molecule has 0 aliphatic heterocycles. The van der Waals surface area contributed by atoms with Gasteiger partial charge < -0.3 is 5.32 Å². The Morgan fingerprint density at radius 2 is 1.53 bits per heavy atom. The fourth-order valence-electron chi connectivity index (χ4n) is 2.03. The molecule has 2 heteroatoms. The van der Waals surface area contributed by atoms with Crippen LogP contribution in [0.25, 0.3) is 0 Å². The van der Waals surface area contributed by atoms with E-state index in [1.54, 1.807) is 0 Å². The van der Waals surface area contributed by atoms with Gasteiger partial charge in [-0.25, -0.2) is 0 Å². The Kier molecular flexibility index (Phi) is 5.40. The van der Waals surface area contributed by atoms with Crippen molar-refractivity contribution >= 4 is 22.6 Å². The van der Waals surface area contributed by atoms with Crippen molar-refractivity contribution in [2.45, 2.75) is 32.9 Å². The van der Waals surface area contributed by atoms with Gasteiger partial charge in [-0.2, -0.15) is 0 Å². The zero-order valence-corrected chi connectivity index (χ0v) is 13.6. The zero-order valence-electron chi connectivity index (χ0n) is 11.5. The molecule has 100 valence electrons. The lowest BCUT2D eigenvalue weighted by Crippen LogP contribution is -2.18. The first-order chi connectivity index (χ1) is 9.19. The summed E-state index contributed by atoms with van der Waals surface area (Å²) >= 11 is 2.34. The molecule has 0 aliphatic rings. The molecule has 0 spiro atoms. The van der Waals surface area contributed by atoms with Crippen LogP contribution in [0.2, 0.25) is 0 Å². The first kappa shape index (κ1) is 14.5. The Morgan fingerprint density at radius 1 is 0.947 bits per heavy atom. The SMILES string of the molecule is CCc1ccc(CNC(C)c2ccc(I)cc2)cc1. The van der Waals surface area contributed by atoms with Crippen LogP contribution < -0.4 is 5.32 Å². The molecular weight excluding hydrogens is 345 g/mol. The molecule has 2 aromatic carbocycles. The van der Waals surface area contributed by atoms with E-state index in [0.29, 0.717) is 6.04 Å². The van der Waals surface area contributed by atoms with Gasteiger partial charge in [-0.3, -0.25) is 0 Å². The van der Waals surface area contributed by atoms with Gasteiger partial charge in [0, 0.05) is 16.2 Å². The topological polar surface area (TPSA) is 12.0 Å². The van der Waals surface area contributed by atoms with E-state index in [2.05, 4.69) is 90.3 Å². The van der Waals surface area contributed by atoms with Gasteiger partial charge in [-0.05, 0) is 64.8 Å². The highest BCUT2D eigenvalue weighted by Crippen LogP contribution is 2.15. The number of hydrogen-bond donors (Lipinski definition) is 1. The second kappa shape index (κ2) is 7.06. The van der Waals surface area contributed by atoms with E-state index in [4.69, 9.17) is 0 Å². The number of benzene rings is 2. The maximum absolute atomic E-state index is 3.57. The third-order valence-corrected chi connectivity index (χ3v) is 4.13. The summed E-state index contributed by atoms with van der Waals surface area (Å²) in [5.74, 6) is 0. The number of aryl methyl sites for hydroxylation is 1. The van der Waals surface area contributed by atoms with Gasteiger partial charge in [-0.15, -0.1) is 0 Å². The first-order valence-electron chi connectivity index (χ1n) is 6.75. The minimum Gasteiger partial charge on any atom is -0.306 e. The summed E-state index contributed by atoms with van der Waals surface area (Å²) in [4.78, 5) is 0. The van der Waals surface area contributed by atoms with Crippen LogP contribution in [-0.2, 0) is 13.0 Å². The average molecular weight is 365 g/mol. The number of halogens is 1. The van der Waals surface area contributed by atoms with Gasteiger partial charge in [0.25, 0.3) is 0 Å². The molecule has 19 heavy (non-hydrogen) atoms. The Hall–Kier alpha value is -0.870. The summed E-state index contributed by atoms with van der Waals surface area (Å²) in [5.41, 5.74) is 4.08. The molecule has 0 bridgehead atoms. The number of hydrogen-bond acceptors (Lipinski definition) is 1. The van der Waals surface area contributed by atoms with Gasteiger partial charge >= 0.3 is 0 Å². The van der Waals surface area contributed by atoms with Crippen LogP contribution in [0.15, 0.2) is 48.5 Å². The molecule has 0 amide bonds. The van der Waals surface area contributed by atoms with Crippen molar-refractivity contribution in [3.05, 3.63) is 68.8 Å². The van der Waals surface area contributed by atoms with E-state index in [1.807, 2.05) is 0 Å². The molecule has 0 fully saturated rings. The third-order valence-electron chi connectivity index (χ3n) is 3.41. The normalized spacial score (nSPS) is 12.4. The van der Waals surface area contributed by atoms with Crippen LogP contribution in [0.1, 0.15) is 36.6 Å². The van der Waals surface area contributed by atoms with E-state index in [-0.39, 0.29) is 0 Å². The largest absolute Gasteiger partial charge is 0.306 e. The van der Waals surface area contributed by atoms with Gasteiger partial charge in [0.2, 0.25) is 0 Å². The fourth-order valence-corrected chi connectivity index (χ4v) is 2.39. The van der Waals surface area contributed by atoms with Crippen molar-refractivity contribution in [3.8, 4) is 0 Å². The predicted octanol–water partition coefficient (Wildman–Crippen LogP) is 4.70. The van der Waals surface area contributed by atoms with E-state index in [1.165, 1.54) is 20.3 Å². The van der Waals surface area contributed by atoms with Gasteiger partial charge in [-0.1, -0.05) is 43.3 Å². The van der Waals surface area contributed by atoms with Crippen molar-refractivity contribution in [3.63, 3.8) is 0 Å². The second-order valence-electron chi connectivity index (χ2n) is 4.82. The van der Waals surface area contributed by atoms with E-state index >= 15 is 0 Å². The molecule has 0 aromatic heterocycles. The molecule has 1 nitrogen and oxygen atoms in total. The monoisotopic (exact) mass is 365 g/mol. The van der Waals surface area contributed by atoms with Crippen LogP contribution >= 0.6 is 22.6 Å². The highest BCUT2D eigenvalue weighted by molar-refractivity contribution is 14.1. The van der Waals surface area contributed by atoms with E-state index in [9.17, 15) is 0 Å². The Balaban J connectivity index is 1.92. The van der Waals surface area contributed by atoms with Crippen LogP contribution in [0.5, 0.6) is 0 Å². The van der Waals surface area contributed by atoms with E-state index < -0.39 is 0 Å². The highest BCUT2D eigenvalue weighted by Gasteiger charge is 2.04. The molecule has 2 rings (SSSR count). The van der Waals surface area contributed by atoms with Gasteiger partial charge in [0.15, 0.2) is 0 Å². The van der Waals surface area contributed by atoms with Crippen molar-refractivity contribution < 1.29 is 0 Å². The van der Waals surface area contributed by atoms with Crippen molar-refractivity contribution in [2.75, 3.05) is 0 Å². The molecule has 1 unspecified atom stereocenters. The predicted molar refractivity (Wildman–Crippen MR) is 90.2 cm³/mol.